The lowest BCUT2D eigenvalue weighted by Crippen LogP contribution is -2.38. The van der Waals surface area contributed by atoms with E-state index in [1.54, 1.807) is 13.3 Å². The molecule has 1 amide bonds. The van der Waals surface area contributed by atoms with Gasteiger partial charge in [-0.3, -0.25) is 9.59 Å². The molecule has 0 fully saturated rings. The molecule has 1 aliphatic heterocycles. The number of amides is 1. The fourth-order valence-electron chi connectivity index (χ4n) is 6.80. The molecule has 47 heavy (non-hydrogen) atoms. The van der Waals surface area contributed by atoms with E-state index in [0.717, 1.165) is 45.1 Å². The fraction of sp³-hybridized carbons (Fsp3) is 0.475. The van der Waals surface area contributed by atoms with E-state index in [2.05, 4.69) is 99.1 Å². The third kappa shape index (κ3) is 10.8. The minimum Gasteiger partial charge on any atom is -0.467 e. The van der Waals surface area contributed by atoms with Crippen LogP contribution in [0.15, 0.2) is 77.5 Å². The fourth-order valence-corrected chi connectivity index (χ4v) is 6.80. The zero-order valence-corrected chi connectivity index (χ0v) is 29.6. The van der Waals surface area contributed by atoms with Gasteiger partial charge in [0.2, 0.25) is 5.91 Å². The van der Waals surface area contributed by atoms with E-state index >= 15 is 0 Å². The second-order valence-corrected chi connectivity index (χ2v) is 13.4. The van der Waals surface area contributed by atoms with Crippen LogP contribution in [0.4, 0.5) is 5.69 Å². The molecule has 254 valence electrons. The van der Waals surface area contributed by atoms with Crippen LogP contribution in [-0.2, 0) is 25.5 Å². The lowest BCUT2D eigenvalue weighted by atomic mass is 9.75. The number of anilines is 1. The van der Waals surface area contributed by atoms with Gasteiger partial charge < -0.3 is 14.4 Å². The van der Waals surface area contributed by atoms with Crippen LogP contribution in [0.2, 0.25) is 0 Å². The van der Waals surface area contributed by atoms with Crippen LogP contribution in [0.5, 0.6) is 0 Å². The van der Waals surface area contributed by atoms with Crippen LogP contribution in [0.25, 0.3) is 11.1 Å². The number of nitrogens with zero attached hydrogens (tertiary/aromatic N) is 2. The van der Waals surface area contributed by atoms with Gasteiger partial charge in [0.25, 0.3) is 6.47 Å². The molecule has 2 aromatic rings. The summed E-state index contributed by atoms with van der Waals surface area (Å²) in [6.07, 6.45) is 13.8. The number of likely N-dealkylation sites (N-methyl/N-ethyl adjacent to an activating group) is 1. The first-order valence-corrected chi connectivity index (χ1v) is 16.9. The molecule has 2 unspecified atom stereocenters. The molecule has 2 aromatic carbocycles. The number of nitrogens with one attached hydrogen (secondary N) is 1. The van der Waals surface area contributed by atoms with Gasteiger partial charge in [0.15, 0.2) is 0 Å². The summed E-state index contributed by atoms with van der Waals surface area (Å²) in [5, 5.41) is 3.94. The summed E-state index contributed by atoms with van der Waals surface area (Å²) < 4.78 is 10.9. The van der Waals surface area contributed by atoms with Gasteiger partial charge in [0, 0.05) is 38.4 Å². The maximum atomic E-state index is 11.2. The molecule has 0 aliphatic carbocycles. The quantitative estimate of drug-likeness (QED) is 0.0547. The Morgan fingerprint density at radius 1 is 1.11 bits per heavy atom. The van der Waals surface area contributed by atoms with Gasteiger partial charge in [0.05, 0.1) is 19.3 Å². The molecule has 1 heterocycles. The van der Waals surface area contributed by atoms with Gasteiger partial charge in [-0.1, -0.05) is 74.9 Å². The zero-order chi connectivity index (χ0) is 34.4. The van der Waals surface area contributed by atoms with Gasteiger partial charge in [-0.05, 0) is 104 Å². The number of hydrogen-bond donors (Lipinski definition) is 1. The van der Waals surface area contributed by atoms with Crippen molar-refractivity contribution in [2.24, 2.45) is 10.5 Å². The number of hydrogen-bond acceptors (Lipinski definition) is 6. The minimum absolute atomic E-state index is 0.100. The summed E-state index contributed by atoms with van der Waals surface area (Å²) in [5.74, 6) is 0.0234. The monoisotopic (exact) mass is 641 g/mol. The first-order valence-electron chi connectivity index (χ1n) is 16.9. The second-order valence-electron chi connectivity index (χ2n) is 13.4. The lowest BCUT2D eigenvalue weighted by molar-refractivity contribution is -0.131. The van der Waals surface area contributed by atoms with E-state index in [4.69, 9.17) is 9.47 Å². The number of carbonyl (C=O) groups excluding carboxylic acids is 2. The number of ether oxygens (including phenoxy) is 2. The van der Waals surface area contributed by atoms with Crippen molar-refractivity contribution in [1.29, 1.82) is 0 Å². The summed E-state index contributed by atoms with van der Waals surface area (Å²) in [6, 6.07) is 14.0. The van der Waals surface area contributed by atoms with E-state index in [1.807, 2.05) is 12.2 Å². The summed E-state index contributed by atoms with van der Waals surface area (Å²) in [5.41, 5.74) is 12.3. The number of unbranched alkanes of at least 4 members (excludes halogenated alkanes) is 3. The zero-order valence-electron chi connectivity index (χ0n) is 29.6. The predicted molar refractivity (Wildman–Crippen MR) is 195 cm³/mol. The van der Waals surface area contributed by atoms with Gasteiger partial charge >= 0.3 is 0 Å². The third-order valence-corrected chi connectivity index (χ3v) is 8.78. The smallest absolute Gasteiger partial charge is 0.293 e. The summed E-state index contributed by atoms with van der Waals surface area (Å²) >= 11 is 0. The van der Waals surface area contributed by atoms with Crippen LogP contribution in [0.3, 0.4) is 0 Å². The Hall–Kier alpha value is -3.97. The van der Waals surface area contributed by atoms with Gasteiger partial charge in [-0.2, -0.15) is 5.10 Å². The van der Waals surface area contributed by atoms with Crippen LogP contribution in [-0.4, -0.2) is 51.5 Å². The maximum Gasteiger partial charge on any atom is 0.293 e. The first-order chi connectivity index (χ1) is 22.5. The van der Waals surface area contributed by atoms with E-state index in [0.29, 0.717) is 19.7 Å². The molecule has 0 aromatic heterocycles. The topological polar surface area (TPSA) is 80.2 Å². The average molecular weight is 642 g/mol. The van der Waals surface area contributed by atoms with Crippen molar-refractivity contribution in [1.82, 2.24) is 5.43 Å². The summed E-state index contributed by atoms with van der Waals surface area (Å²) in [4.78, 5) is 24.6. The van der Waals surface area contributed by atoms with Gasteiger partial charge in [0.1, 0.15) is 0 Å². The molecule has 0 radical (unpaired) electrons. The largest absolute Gasteiger partial charge is 0.467 e. The number of benzene rings is 2. The summed E-state index contributed by atoms with van der Waals surface area (Å²) in [7, 11) is 1.74. The van der Waals surface area contributed by atoms with Gasteiger partial charge in [-0.15, -0.1) is 0 Å². The number of carbonyl (C=O) groups is 2. The van der Waals surface area contributed by atoms with Crippen molar-refractivity contribution in [3.05, 3.63) is 89.0 Å². The molecule has 0 spiro atoms. The molecule has 7 nitrogen and oxygen atoms in total. The Balaban J connectivity index is 1.98. The average Bonchev–Trinajstić information content (AvgIpc) is 3.32. The third-order valence-electron chi connectivity index (χ3n) is 8.78. The van der Waals surface area contributed by atoms with Crippen molar-refractivity contribution < 1.29 is 19.1 Å². The second kappa shape index (κ2) is 18.4. The molecule has 1 N–H and O–H groups in total. The molecule has 0 saturated heterocycles. The standard InChI is InChI=1S/C40H55N3O4/c1-9-11-17-35(30(4)26-46-8)39-37(25-40(6,7)27-47-28-44)36-24-33(18-19-38(36)43(39)10-2)34-22-29(3)21-32(23-34)16-14-12-13-15-20-41-42-31(5)45/h9,11,17-24,28,37,39H,1,10,12-16,25-27H2,2-8H3,(H,42,45)/b17-11-,35-30-,41-20-. The number of allylic oxidation sites excluding steroid dienone is 2. The van der Waals surface area contributed by atoms with E-state index in [1.165, 1.54) is 51.6 Å². The Morgan fingerprint density at radius 3 is 2.57 bits per heavy atom. The van der Waals surface area contributed by atoms with E-state index in [-0.39, 0.29) is 23.3 Å². The van der Waals surface area contributed by atoms with Crippen molar-refractivity contribution >= 4 is 24.3 Å². The molecule has 2 atom stereocenters. The van der Waals surface area contributed by atoms with Crippen molar-refractivity contribution in [2.45, 2.75) is 92.0 Å². The highest BCUT2D eigenvalue weighted by atomic mass is 16.5. The van der Waals surface area contributed by atoms with Crippen LogP contribution >= 0.6 is 0 Å². The van der Waals surface area contributed by atoms with Crippen molar-refractivity contribution in [3.63, 3.8) is 0 Å². The number of hydrazone groups is 1. The lowest BCUT2D eigenvalue weighted by Gasteiger charge is -2.35. The Kier molecular flexibility index (Phi) is 14.7. The SMILES string of the molecule is C=C/C=C\C(=C(/C)COC)C1C(CC(C)(C)COC=O)c2cc(-c3cc(C)cc(CCCCC/C=N\NC(C)=O)c3)ccc2N1CC. The molecule has 1 aliphatic rings. The van der Waals surface area contributed by atoms with Crippen LogP contribution < -0.4 is 10.3 Å². The number of aryl methyl sites for hydroxylation is 2. The highest BCUT2D eigenvalue weighted by molar-refractivity contribution is 5.75. The van der Waals surface area contributed by atoms with Crippen LogP contribution in [0, 0.1) is 12.3 Å². The highest BCUT2D eigenvalue weighted by Crippen LogP contribution is 2.50. The number of fused-ring (bicyclic) bond motifs is 1. The van der Waals surface area contributed by atoms with Crippen molar-refractivity contribution in [3.8, 4) is 11.1 Å². The van der Waals surface area contributed by atoms with E-state index < -0.39 is 0 Å². The molecule has 7 heteroatoms. The van der Waals surface area contributed by atoms with Crippen LogP contribution in [0.1, 0.15) is 89.3 Å². The predicted octanol–water partition coefficient (Wildman–Crippen LogP) is 8.47. The highest BCUT2D eigenvalue weighted by Gasteiger charge is 2.42. The molecule has 0 bridgehead atoms. The number of methoxy groups -OCH3 is 1. The Bertz CT molecular complexity index is 1460. The maximum absolute atomic E-state index is 11.2. The summed E-state index contributed by atoms with van der Waals surface area (Å²) in [6.45, 7) is 18.6. The molecule has 0 saturated carbocycles. The molecular weight excluding hydrogens is 586 g/mol. The Labute approximate surface area is 282 Å². The minimum atomic E-state index is -0.227. The normalized spacial score (nSPS) is 16.8. The molecule has 3 rings (SSSR count). The van der Waals surface area contributed by atoms with E-state index in [9.17, 15) is 9.59 Å². The number of rotatable bonds is 19. The van der Waals surface area contributed by atoms with Gasteiger partial charge in [-0.25, -0.2) is 5.43 Å². The first kappa shape index (κ1) is 37.5. The van der Waals surface area contributed by atoms with Crippen molar-refractivity contribution in [2.75, 3.05) is 31.8 Å². The Morgan fingerprint density at radius 2 is 1.89 bits per heavy atom. The molecular formula is C40H55N3O4.